The average Bonchev–Trinajstić information content (AvgIpc) is 3.47. The van der Waals surface area contributed by atoms with Crippen molar-refractivity contribution in [1.82, 2.24) is 29.9 Å². The van der Waals surface area contributed by atoms with Gasteiger partial charge >= 0.3 is 0 Å². The molecule has 3 aromatic heterocycles. The summed E-state index contributed by atoms with van der Waals surface area (Å²) >= 11 is 0. The molecule has 0 spiro atoms. The molecule has 2 aliphatic carbocycles. The van der Waals surface area contributed by atoms with Crippen LogP contribution >= 0.6 is 0 Å². The van der Waals surface area contributed by atoms with Gasteiger partial charge in [0.2, 0.25) is 0 Å². The number of benzene rings is 1. The van der Waals surface area contributed by atoms with Crippen LogP contribution in [-0.4, -0.2) is 29.9 Å². The topological polar surface area (TPSA) is 69.4 Å². The van der Waals surface area contributed by atoms with E-state index in [2.05, 4.69) is 41.1 Å². The first-order valence-corrected chi connectivity index (χ1v) is 12.0. The van der Waals surface area contributed by atoms with E-state index < -0.39 is 17.0 Å². The fourth-order valence-corrected chi connectivity index (χ4v) is 6.31. The summed E-state index contributed by atoms with van der Waals surface area (Å²) in [6.45, 7) is 7.41. The maximum Gasteiger partial charge on any atom is 0.135 e. The second-order valence-electron chi connectivity index (χ2n) is 10.1. The van der Waals surface area contributed by atoms with Crippen LogP contribution in [0.15, 0.2) is 49.1 Å². The van der Waals surface area contributed by atoms with E-state index in [-0.39, 0.29) is 22.6 Å². The van der Waals surface area contributed by atoms with Crippen LogP contribution in [0.5, 0.6) is 0 Å². The largest absolute Gasteiger partial charge is 0.272 e. The first kappa shape index (κ1) is 21.9. The lowest BCUT2D eigenvalue weighted by molar-refractivity contribution is 0.242. The van der Waals surface area contributed by atoms with Crippen molar-refractivity contribution in [3.8, 4) is 22.5 Å². The molecule has 1 fully saturated rings. The highest BCUT2D eigenvalue weighted by molar-refractivity contribution is 5.64. The van der Waals surface area contributed by atoms with Gasteiger partial charge in [-0.1, -0.05) is 26.8 Å². The van der Waals surface area contributed by atoms with E-state index in [1.165, 1.54) is 18.2 Å². The molecule has 1 saturated carbocycles. The summed E-state index contributed by atoms with van der Waals surface area (Å²) in [7, 11) is 0. The monoisotopic (exact) mass is 472 g/mol. The fourth-order valence-electron chi connectivity index (χ4n) is 6.31. The predicted molar refractivity (Wildman–Crippen MR) is 127 cm³/mol. The quantitative estimate of drug-likeness (QED) is 0.373. The molecule has 4 aromatic rings. The molecule has 0 amide bonds. The van der Waals surface area contributed by atoms with E-state index in [1.807, 2.05) is 29.3 Å². The summed E-state index contributed by atoms with van der Waals surface area (Å²) in [5.41, 5.74) is 3.78. The highest BCUT2D eigenvalue weighted by atomic mass is 19.1. The minimum Gasteiger partial charge on any atom is -0.272 e. The first-order valence-electron chi connectivity index (χ1n) is 12.0. The van der Waals surface area contributed by atoms with Crippen LogP contribution in [-0.2, 0) is 12.0 Å². The number of halogens is 2. The molecule has 8 heteroatoms. The highest BCUT2D eigenvalue weighted by Crippen LogP contribution is 2.69. The molecular weight excluding hydrogens is 446 g/mol. The van der Waals surface area contributed by atoms with Gasteiger partial charge in [0, 0.05) is 24.5 Å². The molecule has 35 heavy (non-hydrogen) atoms. The van der Waals surface area contributed by atoms with E-state index in [0.717, 1.165) is 54.0 Å². The molecule has 0 aliphatic heterocycles. The van der Waals surface area contributed by atoms with E-state index >= 15 is 0 Å². The van der Waals surface area contributed by atoms with Crippen LogP contribution in [0.1, 0.15) is 62.9 Å². The Hall–Kier alpha value is -3.55. The van der Waals surface area contributed by atoms with Crippen LogP contribution in [0.2, 0.25) is 0 Å². The third-order valence-electron chi connectivity index (χ3n) is 8.05. The van der Waals surface area contributed by atoms with Crippen molar-refractivity contribution in [1.29, 1.82) is 0 Å². The number of hydrogen-bond acceptors (Lipinski definition) is 5. The van der Waals surface area contributed by atoms with Crippen LogP contribution in [0, 0.1) is 17.0 Å². The lowest BCUT2D eigenvalue weighted by Gasteiger charge is -2.37. The molecule has 0 radical (unpaired) electrons. The van der Waals surface area contributed by atoms with Gasteiger partial charge in [0.15, 0.2) is 0 Å². The molecule has 2 bridgehead atoms. The minimum absolute atomic E-state index is 0.136. The average molecular weight is 473 g/mol. The molecule has 0 saturated heterocycles. The van der Waals surface area contributed by atoms with E-state index in [1.54, 1.807) is 6.20 Å². The third kappa shape index (κ3) is 3.01. The van der Waals surface area contributed by atoms with Crippen LogP contribution in [0.4, 0.5) is 8.78 Å². The van der Waals surface area contributed by atoms with Gasteiger partial charge in [-0.2, -0.15) is 10.2 Å². The number of aromatic nitrogens is 6. The second-order valence-corrected chi connectivity index (χ2v) is 10.1. The molecule has 0 N–H and O–H groups in total. The minimum atomic E-state index is -0.640. The Bertz CT molecular complexity index is 1430. The fraction of sp³-hybridized carbons (Fsp3) is 0.370. The zero-order valence-corrected chi connectivity index (χ0v) is 20.0. The Morgan fingerprint density at radius 1 is 1.06 bits per heavy atom. The molecule has 6 nitrogen and oxygen atoms in total. The SMILES string of the molecule is CCCn1cc(-c2cncc([C@@]34CC[C@@H](c5cc(-c6c(F)cccc6F)nnc53)C4(C)C)n2)cn1. The molecule has 2 aliphatic rings. The van der Waals surface area contributed by atoms with Crippen molar-refractivity contribution in [2.24, 2.45) is 5.41 Å². The molecule has 178 valence electrons. The number of hydrogen-bond donors (Lipinski definition) is 0. The summed E-state index contributed by atoms with van der Waals surface area (Å²) in [6, 6.07) is 5.67. The van der Waals surface area contributed by atoms with Crippen molar-refractivity contribution in [2.75, 3.05) is 0 Å². The standard InChI is InChI=1S/C27H26F2N6/c1-4-10-35-15-16(12-31-35)22-13-30-14-23(32-22)27-9-8-18(26(27,2)3)17-11-21(33-34-25(17)27)24-19(28)6-5-7-20(24)29/h5-7,11-15,18H,4,8-10H2,1-3H3/t18-,27-/m0/s1. The van der Waals surface area contributed by atoms with Gasteiger partial charge in [0.25, 0.3) is 0 Å². The summed E-state index contributed by atoms with van der Waals surface area (Å²) in [5, 5.41) is 13.4. The second kappa shape index (κ2) is 7.73. The third-order valence-corrected chi connectivity index (χ3v) is 8.05. The van der Waals surface area contributed by atoms with Crippen LogP contribution in [0.3, 0.4) is 0 Å². The predicted octanol–water partition coefficient (Wildman–Crippen LogP) is 5.69. The maximum absolute atomic E-state index is 14.5. The van der Waals surface area contributed by atoms with E-state index in [4.69, 9.17) is 4.98 Å². The van der Waals surface area contributed by atoms with Crippen molar-refractivity contribution in [3.05, 3.63) is 77.6 Å². The molecule has 1 aromatic carbocycles. The Kier molecular flexibility index (Phi) is 4.85. The summed E-state index contributed by atoms with van der Waals surface area (Å²) < 4.78 is 30.9. The van der Waals surface area contributed by atoms with Crippen LogP contribution in [0.25, 0.3) is 22.5 Å². The van der Waals surface area contributed by atoms with Gasteiger partial charge in [-0.3, -0.25) is 9.67 Å². The van der Waals surface area contributed by atoms with E-state index in [0.29, 0.717) is 0 Å². The van der Waals surface area contributed by atoms with Crippen molar-refractivity contribution < 1.29 is 8.78 Å². The van der Waals surface area contributed by atoms with Gasteiger partial charge in [-0.05, 0) is 54.4 Å². The van der Waals surface area contributed by atoms with E-state index in [9.17, 15) is 8.78 Å². The number of nitrogens with zero attached hydrogens (tertiary/aromatic N) is 6. The zero-order chi connectivity index (χ0) is 24.4. The Labute approximate surface area is 202 Å². The normalized spacial score (nSPS) is 21.9. The van der Waals surface area contributed by atoms with Gasteiger partial charge in [0.05, 0.1) is 46.1 Å². The number of fused-ring (bicyclic) bond motifs is 5. The number of aryl methyl sites for hydroxylation is 1. The first-order chi connectivity index (χ1) is 16.9. The van der Waals surface area contributed by atoms with Crippen molar-refractivity contribution >= 4 is 0 Å². The summed E-state index contributed by atoms with van der Waals surface area (Å²) in [6.07, 6.45) is 10.2. The van der Waals surface area contributed by atoms with Gasteiger partial charge < -0.3 is 0 Å². The maximum atomic E-state index is 14.5. The Balaban J connectivity index is 1.48. The molecule has 0 unspecified atom stereocenters. The van der Waals surface area contributed by atoms with Gasteiger partial charge in [-0.25, -0.2) is 13.8 Å². The Morgan fingerprint density at radius 3 is 2.63 bits per heavy atom. The number of rotatable bonds is 5. The van der Waals surface area contributed by atoms with Gasteiger partial charge in [-0.15, -0.1) is 5.10 Å². The lowest BCUT2D eigenvalue weighted by Crippen LogP contribution is -2.38. The summed E-state index contributed by atoms with van der Waals surface area (Å²) in [5.74, 6) is -1.10. The highest BCUT2D eigenvalue weighted by Gasteiger charge is 2.65. The van der Waals surface area contributed by atoms with Crippen LogP contribution < -0.4 is 0 Å². The molecule has 3 heterocycles. The molecule has 6 rings (SSSR count). The van der Waals surface area contributed by atoms with Gasteiger partial charge in [0.1, 0.15) is 11.6 Å². The lowest BCUT2D eigenvalue weighted by atomic mass is 9.66. The zero-order valence-electron chi connectivity index (χ0n) is 20.0. The Morgan fingerprint density at radius 2 is 1.86 bits per heavy atom. The molecular formula is C27H26F2N6. The molecule has 2 atom stereocenters. The van der Waals surface area contributed by atoms with Crippen molar-refractivity contribution in [2.45, 2.75) is 57.9 Å². The van der Waals surface area contributed by atoms with Crippen molar-refractivity contribution in [3.63, 3.8) is 0 Å². The smallest absolute Gasteiger partial charge is 0.135 e. The summed E-state index contributed by atoms with van der Waals surface area (Å²) in [4.78, 5) is 9.62.